The van der Waals surface area contributed by atoms with Crippen LogP contribution < -0.4 is 10.6 Å². The van der Waals surface area contributed by atoms with E-state index in [0.29, 0.717) is 10.7 Å². The number of thiazole rings is 1. The molecule has 0 unspecified atom stereocenters. The number of ether oxygens (including phenoxy) is 1. The average Bonchev–Trinajstić information content (AvgIpc) is 3.30. The van der Waals surface area contributed by atoms with E-state index < -0.39 is 30.4 Å². The summed E-state index contributed by atoms with van der Waals surface area (Å²) in [6.45, 7) is 0.996. The molecule has 3 amide bonds. The molecule has 33 heavy (non-hydrogen) atoms. The Morgan fingerprint density at radius 3 is 2.58 bits per heavy atom. The molecule has 0 aliphatic carbocycles. The summed E-state index contributed by atoms with van der Waals surface area (Å²) < 4.78 is 5.06. The number of nitrogens with zero attached hydrogens (tertiary/aromatic N) is 2. The molecule has 14 heteroatoms. The van der Waals surface area contributed by atoms with Crippen LogP contribution in [0, 0.1) is 0 Å². The van der Waals surface area contributed by atoms with Gasteiger partial charge in [0.15, 0.2) is 5.13 Å². The molecule has 0 radical (unpaired) electrons. The third-order valence-electron chi connectivity index (χ3n) is 3.93. The molecule has 2 heterocycles. The fourth-order valence-electron chi connectivity index (χ4n) is 2.58. The van der Waals surface area contributed by atoms with Gasteiger partial charge in [-0.1, -0.05) is 35.6 Å². The van der Waals surface area contributed by atoms with Gasteiger partial charge in [-0.05, 0) is 31.2 Å². The highest BCUT2D eigenvalue weighted by molar-refractivity contribution is 8.26. The summed E-state index contributed by atoms with van der Waals surface area (Å²) in [7, 11) is 0. The highest BCUT2D eigenvalue weighted by Gasteiger charge is 2.38. The molecule has 0 spiro atoms. The maximum atomic E-state index is 12.8. The summed E-state index contributed by atoms with van der Waals surface area (Å²) in [5, 5.41) is 16.3. The molecule has 1 aromatic heterocycles. The van der Waals surface area contributed by atoms with Crippen molar-refractivity contribution < 1.29 is 29.0 Å². The van der Waals surface area contributed by atoms with Crippen molar-refractivity contribution >= 4 is 91.5 Å². The predicted octanol–water partition coefficient (Wildman–Crippen LogP) is 3.66. The van der Waals surface area contributed by atoms with Gasteiger partial charge >= 0.3 is 18.0 Å². The van der Waals surface area contributed by atoms with Gasteiger partial charge in [-0.25, -0.2) is 14.6 Å². The lowest BCUT2D eigenvalue weighted by molar-refractivity contribution is -0.140. The predicted molar refractivity (Wildman–Crippen MR) is 129 cm³/mol. The topological polar surface area (TPSA) is 138 Å². The molecular weight excluding hydrogens is 512 g/mol. The van der Waals surface area contributed by atoms with Crippen molar-refractivity contribution in [3.05, 3.63) is 45.3 Å². The van der Waals surface area contributed by atoms with Gasteiger partial charge in [0.1, 0.15) is 16.4 Å². The normalized spacial score (nSPS) is 14.8. The zero-order chi connectivity index (χ0) is 24.1. The molecule has 3 N–H and O–H groups in total. The van der Waals surface area contributed by atoms with Crippen LogP contribution in [0.25, 0.3) is 5.57 Å². The van der Waals surface area contributed by atoms with Crippen molar-refractivity contribution in [1.82, 2.24) is 9.88 Å². The number of aliphatic carboxylic acids is 1. The molecule has 172 valence electrons. The van der Waals surface area contributed by atoms with E-state index in [0.717, 1.165) is 28.0 Å². The van der Waals surface area contributed by atoms with Crippen LogP contribution in [0.3, 0.4) is 0 Å². The molecule has 1 fully saturated rings. The van der Waals surface area contributed by atoms with E-state index >= 15 is 0 Å². The SMILES string of the molecule is CCOC(=O)C(=C1SC(=S)N(CC(=O)O)C1=O)c1csc(NC(=O)Nc2ccc(Cl)cc2)n1. The minimum atomic E-state index is -1.25. The Kier molecular flexibility index (Phi) is 8.02. The van der Waals surface area contributed by atoms with Crippen LogP contribution in [-0.2, 0) is 19.1 Å². The molecule has 1 aliphatic rings. The summed E-state index contributed by atoms with van der Waals surface area (Å²) >= 11 is 12.7. The van der Waals surface area contributed by atoms with Gasteiger partial charge in [0.25, 0.3) is 5.91 Å². The number of halogens is 1. The van der Waals surface area contributed by atoms with Gasteiger partial charge in [0, 0.05) is 16.1 Å². The Morgan fingerprint density at radius 2 is 1.94 bits per heavy atom. The molecule has 3 rings (SSSR count). The van der Waals surface area contributed by atoms with Crippen LogP contribution in [0.15, 0.2) is 34.6 Å². The number of carboxylic acids is 1. The fraction of sp³-hybridized carbons (Fsp3) is 0.158. The van der Waals surface area contributed by atoms with Crippen molar-refractivity contribution in [1.29, 1.82) is 0 Å². The number of anilines is 2. The zero-order valence-electron chi connectivity index (χ0n) is 16.8. The maximum absolute atomic E-state index is 12.8. The minimum Gasteiger partial charge on any atom is -0.480 e. The monoisotopic (exact) mass is 526 g/mol. The Hall–Kier alpha value is -3.00. The van der Waals surface area contributed by atoms with Crippen LogP contribution in [-0.4, -0.2) is 56.3 Å². The number of benzene rings is 1. The lowest BCUT2D eigenvalue weighted by Crippen LogP contribution is -2.33. The summed E-state index contributed by atoms with van der Waals surface area (Å²) in [5.41, 5.74) is 0.420. The molecule has 1 aromatic carbocycles. The second-order valence-electron chi connectivity index (χ2n) is 6.20. The molecule has 0 saturated carbocycles. The zero-order valence-corrected chi connectivity index (χ0v) is 20.0. The highest BCUT2D eigenvalue weighted by Crippen LogP contribution is 2.38. The molecule has 0 atom stereocenters. The number of esters is 1. The number of aromatic nitrogens is 1. The van der Waals surface area contributed by atoms with Crippen molar-refractivity contribution in [2.75, 3.05) is 23.8 Å². The molecule has 0 bridgehead atoms. The van der Waals surface area contributed by atoms with E-state index in [4.69, 9.17) is 33.7 Å². The van der Waals surface area contributed by atoms with E-state index in [1.54, 1.807) is 31.2 Å². The van der Waals surface area contributed by atoms with Gasteiger partial charge in [-0.15, -0.1) is 11.3 Å². The van der Waals surface area contributed by atoms with Gasteiger partial charge in [0.05, 0.1) is 17.2 Å². The maximum Gasteiger partial charge on any atom is 0.341 e. The van der Waals surface area contributed by atoms with Crippen LogP contribution >= 0.6 is 46.9 Å². The quantitative estimate of drug-likeness (QED) is 0.280. The second-order valence-corrected chi connectivity index (χ2v) is 9.14. The summed E-state index contributed by atoms with van der Waals surface area (Å²) in [6, 6.07) is 5.89. The van der Waals surface area contributed by atoms with Crippen LogP contribution in [0.1, 0.15) is 12.6 Å². The number of thiocarbonyl (C=S) groups is 1. The summed E-state index contributed by atoms with van der Waals surface area (Å²) in [6.07, 6.45) is 0. The third-order valence-corrected chi connectivity index (χ3v) is 6.39. The Balaban J connectivity index is 1.85. The van der Waals surface area contributed by atoms with E-state index in [9.17, 15) is 19.2 Å². The number of thioether (sulfide) groups is 1. The highest BCUT2D eigenvalue weighted by atomic mass is 35.5. The number of carbonyl (C=O) groups excluding carboxylic acids is 3. The number of carboxylic acid groups (broad SMARTS) is 1. The van der Waals surface area contributed by atoms with E-state index in [-0.39, 0.29) is 32.2 Å². The first-order valence-corrected chi connectivity index (χ1v) is 11.6. The van der Waals surface area contributed by atoms with E-state index in [1.165, 1.54) is 5.38 Å². The van der Waals surface area contributed by atoms with E-state index in [1.807, 2.05) is 0 Å². The summed E-state index contributed by atoms with van der Waals surface area (Å²) in [4.78, 5) is 53.7. The minimum absolute atomic E-state index is 0.00452. The number of carbonyl (C=O) groups is 4. The van der Waals surface area contributed by atoms with Crippen LogP contribution in [0.5, 0.6) is 0 Å². The van der Waals surface area contributed by atoms with Crippen molar-refractivity contribution in [2.24, 2.45) is 0 Å². The van der Waals surface area contributed by atoms with Gasteiger partial charge in [-0.3, -0.25) is 19.8 Å². The smallest absolute Gasteiger partial charge is 0.341 e. The van der Waals surface area contributed by atoms with E-state index in [2.05, 4.69) is 15.6 Å². The van der Waals surface area contributed by atoms with Crippen LogP contribution in [0.2, 0.25) is 5.02 Å². The van der Waals surface area contributed by atoms with Crippen molar-refractivity contribution in [3.8, 4) is 0 Å². The Labute approximate surface area is 206 Å². The number of amides is 3. The van der Waals surface area contributed by atoms with Gasteiger partial charge in [-0.2, -0.15) is 0 Å². The molecule has 10 nitrogen and oxygen atoms in total. The standard InChI is InChI=1S/C19H15ClN4O6S3/c1-2-30-16(28)13(14-15(27)24(7-12(25)26)19(31)33-14)11-8-32-18(22-11)23-17(29)21-10-5-3-9(20)4-6-10/h3-6,8H,2,7H2,1H3,(H,25,26)(H2,21,22,23,29). The van der Waals surface area contributed by atoms with Crippen molar-refractivity contribution in [2.45, 2.75) is 6.92 Å². The third kappa shape index (κ3) is 6.07. The molecule has 1 aliphatic heterocycles. The average molecular weight is 527 g/mol. The lowest BCUT2D eigenvalue weighted by Gasteiger charge is -2.11. The number of nitrogens with one attached hydrogen (secondary N) is 2. The van der Waals surface area contributed by atoms with Gasteiger partial charge < -0.3 is 15.2 Å². The Bertz CT molecular complexity index is 1160. The number of hydrogen-bond donors (Lipinski definition) is 3. The lowest BCUT2D eigenvalue weighted by atomic mass is 10.2. The second kappa shape index (κ2) is 10.7. The van der Waals surface area contributed by atoms with Gasteiger partial charge in [0.2, 0.25) is 0 Å². The van der Waals surface area contributed by atoms with Crippen LogP contribution in [0.4, 0.5) is 15.6 Å². The largest absolute Gasteiger partial charge is 0.480 e. The first-order valence-electron chi connectivity index (χ1n) is 9.16. The number of urea groups is 1. The first-order chi connectivity index (χ1) is 15.7. The van der Waals surface area contributed by atoms with Crippen molar-refractivity contribution in [3.63, 3.8) is 0 Å². The number of hydrogen-bond acceptors (Lipinski definition) is 9. The molecule has 2 aromatic rings. The fourth-order valence-corrected chi connectivity index (χ4v) is 4.72. The first kappa shape index (κ1) is 24.6. The molecular formula is C19H15ClN4O6S3. The Morgan fingerprint density at radius 1 is 1.24 bits per heavy atom. The molecule has 1 saturated heterocycles. The number of rotatable bonds is 7. The summed E-state index contributed by atoms with van der Waals surface area (Å²) in [5.74, 6) is -2.81.